The number of morpholine rings is 2. The zero-order valence-corrected chi connectivity index (χ0v) is 24.3. The molecule has 3 aliphatic rings. The quantitative estimate of drug-likeness (QED) is 0.363. The number of esters is 1. The molecule has 0 radical (unpaired) electrons. The van der Waals surface area contributed by atoms with E-state index < -0.39 is 13.7 Å². The normalized spacial score (nSPS) is 22.9. The molecule has 2 fully saturated rings. The number of aromatic nitrogens is 1. The molecule has 1 unspecified atom stereocenters. The lowest BCUT2D eigenvalue weighted by atomic mass is 10.00. The van der Waals surface area contributed by atoms with Crippen LogP contribution in [0.2, 0.25) is 0 Å². The van der Waals surface area contributed by atoms with E-state index in [2.05, 4.69) is 26.2 Å². The van der Waals surface area contributed by atoms with Crippen LogP contribution in [-0.4, -0.2) is 92.0 Å². The number of ether oxygens (including phenoxy) is 3. The molecule has 1 N–H and O–H groups in total. The Morgan fingerprint density at radius 2 is 1.79 bits per heavy atom. The summed E-state index contributed by atoms with van der Waals surface area (Å²) < 4.78 is 42.1. The highest BCUT2D eigenvalue weighted by molar-refractivity contribution is 9.10. The Morgan fingerprint density at radius 1 is 1.10 bits per heavy atom. The number of pyridine rings is 1. The highest BCUT2D eigenvalue weighted by Gasteiger charge is 2.44. The number of nitrogens with zero attached hydrogens (tertiary/aromatic N) is 4. The van der Waals surface area contributed by atoms with Gasteiger partial charge in [-0.15, -0.1) is 0 Å². The van der Waals surface area contributed by atoms with E-state index in [1.165, 1.54) is 7.11 Å². The van der Waals surface area contributed by atoms with Crippen molar-refractivity contribution in [3.8, 4) is 0 Å². The molecular weight excluding hydrogens is 589 g/mol. The molecule has 3 aliphatic heterocycles. The van der Waals surface area contributed by atoms with Gasteiger partial charge in [0.15, 0.2) is 0 Å². The van der Waals surface area contributed by atoms with Crippen LogP contribution in [-0.2, 0) is 28.1 Å². The van der Waals surface area contributed by atoms with Crippen LogP contribution in [0.25, 0.3) is 0 Å². The monoisotopic (exact) mass is 621 g/mol. The number of methoxy groups -OCH3 is 1. The van der Waals surface area contributed by atoms with Gasteiger partial charge in [0.2, 0.25) is 5.90 Å². The van der Waals surface area contributed by atoms with Crippen LogP contribution in [0, 0.1) is 0 Å². The smallest absolute Gasteiger partial charge is 0.397 e. The van der Waals surface area contributed by atoms with Crippen LogP contribution < -0.4 is 5.32 Å². The molecule has 1 aromatic carbocycles. The zero-order chi connectivity index (χ0) is 27.2. The maximum atomic E-state index is 14.9. The summed E-state index contributed by atoms with van der Waals surface area (Å²) in [5, 5.41) is 3.62. The van der Waals surface area contributed by atoms with E-state index in [1.54, 1.807) is 6.20 Å². The molecule has 39 heavy (non-hydrogen) atoms. The Bertz CT molecular complexity index is 1200. The van der Waals surface area contributed by atoms with E-state index >= 15 is 0 Å². The number of benzene rings is 1. The van der Waals surface area contributed by atoms with Crippen molar-refractivity contribution in [3.63, 3.8) is 0 Å². The summed E-state index contributed by atoms with van der Waals surface area (Å²) in [7, 11) is -2.20. The molecule has 0 bridgehead atoms. The molecule has 5 rings (SSSR count). The van der Waals surface area contributed by atoms with Crippen LogP contribution in [0.15, 0.2) is 52.1 Å². The third-order valence-electron chi connectivity index (χ3n) is 6.95. The van der Waals surface area contributed by atoms with Crippen LogP contribution in [0.3, 0.4) is 0 Å². The largest absolute Gasteiger partial charge is 0.469 e. The van der Waals surface area contributed by atoms with Crippen LogP contribution in [0.1, 0.15) is 30.1 Å². The van der Waals surface area contributed by atoms with E-state index in [0.717, 1.165) is 15.7 Å². The van der Waals surface area contributed by atoms with Gasteiger partial charge in [-0.1, -0.05) is 22.0 Å². The summed E-state index contributed by atoms with van der Waals surface area (Å²) in [6.45, 7) is 3.76. The van der Waals surface area contributed by atoms with Gasteiger partial charge < -0.3 is 18.7 Å². The third kappa shape index (κ3) is 6.59. The number of rotatable bonds is 7. The molecule has 0 spiro atoms. The van der Waals surface area contributed by atoms with E-state index in [1.807, 2.05) is 45.7 Å². The number of hydrogen-bond acceptors (Lipinski definition) is 9. The van der Waals surface area contributed by atoms with Gasteiger partial charge in [-0.25, -0.2) is 18.9 Å². The van der Waals surface area contributed by atoms with Crippen molar-refractivity contribution in [2.45, 2.75) is 24.9 Å². The lowest BCUT2D eigenvalue weighted by molar-refractivity contribution is -0.140. The Kier molecular flexibility index (Phi) is 9.44. The van der Waals surface area contributed by atoms with Gasteiger partial charge in [0.05, 0.1) is 57.0 Å². The van der Waals surface area contributed by atoms with Crippen LogP contribution in [0.5, 0.6) is 0 Å². The average molecular weight is 622 g/mol. The molecule has 2 aromatic rings. The van der Waals surface area contributed by atoms with Gasteiger partial charge in [0, 0.05) is 48.8 Å². The maximum absolute atomic E-state index is 14.9. The van der Waals surface area contributed by atoms with Crippen LogP contribution in [0.4, 0.5) is 5.69 Å². The molecule has 210 valence electrons. The van der Waals surface area contributed by atoms with E-state index in [4.69, 9.17) is 23.7 Å². The number of carbonyl (C=O) groups excluding carboxylic acids is 1. The van der Waals surface area contributed by atoms with E-state index in [0.29, 0.717) is 64.7 Å². The van der Waals surface area contributed by atoms with Crippen molar-refractivity contribution in [1.82, 2.24) is 19.6 Å². The first-order chi connectivity index (χ1) is 19.0. The van der Waals surface area contributed by atoms with E-state index in [9.17, 15) is 9.36 Å². The van der Waals surface area contributed by atoms with Crippen molar-refractivity contribution < 1.29 is 28.1 Å². The summed E-state index contributed by atoms with van der Waals surface area (Å²) >= 11 is 3.59. The van der Waals surface area contributed by atoms with Gasteiger partial charge in [0.25, 0.3) is 0 Å². The second kappa shape index (κ2) is 13.0. The summed E-state index contributed by atoms with van der Waals surface area (Å²) in [6.07, 6.45) is 2.20. The maximum Gasteiger partial charge on any atom is 0.397 e. The molecule has 0 amide bonds. The molecule has 2 saturated heterocycles. The zero-order valence-electron chi connectivity index (χ0n) is 21.8. The summed E-state index contributed by atoms with van der Waals surface area (Å²) in [6, 6.07) is 10.6. The minimum Gasteiger partial charge on any atom is -0.469 e. The minimum absolute atomic E-state index is 0.130. The Hall–Kier alpha value is -2.18. The Morgan fingerprint density at radius 3 is 2.41 bits per heavy atom. The summed E-state index contributed by atoms with van der Waals surface area (Å²) in [5.74, 6) is -0.0817. The SMILES string of the molecule is COC(=O)CC[C@@H]1NC(c2ccccn2)c2cc(Br)ccc2N=C1OP(=O)(N1CCOCC1)N1CCOCC1. The number of aliphatic imine (C=N–C) groups is 1. The number of carbonyl (C=O) groups is 1. The molecule has 11 nitrogen and oxygen atoms in total. The summed E-state index contributed by atoms with van der Waals surface area (Å²) in [4.78, 5) is 21.8. The fourth-order valence-electron chi connectivity index (χ4n) is 4.89. The highest BCUT2D eigenvalue weighted by atomic mass is 79.9. The summed E-state index contributed by atoms with van der Waals surface area (Å²) in [5.41, 5.74) is 2.35. The second-order valence-corrected chi connectivity index (χ2v) is 12.6. The second-order valence-electron chi connectivity index (χ2n) is 9.39. The average Bonchev–Trinajstić information content (AvgIpc) is 3.13. The predicted molar refractivity (Wildman–Crippen MR) is 149 cm³/mol. The van der Waals surface area contributed by atoms with Gasteiger partial charge in [-0.3, -0.25) is 15.1 Å². The molecular formula is C26H33BrN5O6P. The van der Waals surface area contributed by atoms with Gasteiger partial charge in [-0.2, -0.15) is 0 Å². The molecule has 4 heterocycles. The van der Waals surface area contributed by atoms with Crippen molar-refractivity contribution in [2.75, 3.05) is 59.7 Å². The lowest BCUT2D eigenvalue weighted by Crippen LogP contribution is -2.46. The number of fused-ring (bicyclic) bond motifs is 1. The van der Waals surface area contributed by atoms with Crippen LogP contribution >= 0.6 is 23.6 Å². The topological polar surface area (TPSA) is 115 Å². The molecule has 13 heteroatoms. The van der Waals surface area contributed by atoms with Gasteiger partial charge >= 0.3 is 13.6 Å². The Balaban J connectivity index is 1.57. The fraction of sp³-hybridized carbons (Fsp3) is 0.500. The first-order valence-corrected chi connectivity index (χ1v) is 15.4. The standard InChI is InChI=1S/C26H33BrN5O6P/c1-35-24(33)8-7-23-26(38-39(34,31-10-14-36-15-11-31)32-12-16-37-17-13-32)30-21-6-5-19(27)18-20(21)25(29-23)22-4-2-3-9-28-22/h2-6,9,18,23,25,29H,7-8,10-17H2,1H3/t23-,25?/m0/s1. The Labute approximate surface area is 236 Å². The number of halogens is 1. The highest BCUT2D eigenvalue weighted by Crippen LogP contribution is 2.55. The van der Waals surface area contributed by atoms with Gasteiger partial charge in [-0.05, 0) is 36.8 Å². The first-order valence-electron chi connectivity index (χ1n) is 13.1. The van der Waals surface area contributed by atoms with Crippen molar-refractivity contribution >= 4 is 41.2 Å². The third-order valence-corrected chi connectivity index (χ3v) is 10.1. The molecule has 2 atom stereocenters. The van der Waals surface area contributed by atoms with Crippen molar-refractivity contribution in [1.29, 1.82) is 0 Å². The van der Waals surface area contributed by atoms with Crippen molar-refractivity contribution in [3.05, 3.63) is 58.3 Å². The number of nitrogens with one attached hydrogen (secondary N) is 1. The van der Waals surface area contributed by atoms with E-state index in [-0.39, 0.29) is 24.3 Å². The minimum atomic E-state index is -3.57. The molecule has 0 aliphatic carbocycles. The van der Waals surface area contributed by atoms with Gasteiger partial charge in [0.1, 0.15) is 0 Å². The first kappa shape index (κ1) is 28.4. The molecule has 1 aromatic heterocycles. The van der Waals surface area contributed by atoms with Crippen molar-refractivity contribution in [2.24, 2.45) is 4.99 Å². The number of hydrogen-bond donors (Lipinski definition) is 1. The lowest BCUT2D eigenvalue weighted by Gasteiger charge is -2.41. The fourth-order valence-corrected chi connectivity index (χ4v) is 7.61. The predicted octanol–water partition coefficient (Wildman–Crippen LogP) is 3.68. The molecule has 0 saturated carbocycles.